The Morgan fingerprint density at radius 3 is 2.80 bits per heavy atom. The van der Waals surface area contributed by atoms with Gasteiger partial charge in [0.05, 0.1) is 5.56 Å². The Kier molecular flexibility index (Phi) is 4.32. The zero-order valence-electron chi connectivity index (χ0n) is 11.2. The predicted octanol–water partition coefficient (Wildman–Crippen LogP) is 2.36. The number of nitrogen functional groups attached to an aromatic ring is 1. The van der Waals surface area contributed by atoms with Crippen LogP contribution in [0.3, 0.4) is 0 Å². The summed E-state index contributed by atoms with van der Waals surface area (Å²) in [4.78, 5) is 25.4. The normalized spacial score (nSPS) is 22.6. The molecule has 6 heteroatoms. The molecule has 0 spiro atoms. The molecular weight excluding hydrogens is 324 g/mol. The molecule has 1 aromatic rings. The van der Waals surface area contributed by atoms with Gasteiger partial charge in [0.25, 0.3) is 5.91 Å². The molecule has 2 atom stereocenters. The van der Waals surface area contributed by atoms with E-state index < -0.39 is 12.0 Å². The van der Waals surface area contributed by atoms with E-state index in [0.717, 1.165) is 6.42 Å². The van der Waals surface area contributed by atoms with Crippen molar-refractivity contribution < 1.29 is 14.7 Å². The number of amides is 1. The number of nitrogens with zero attached hydrogens (tertiary/aromatic N) is 1. The molecule has 1 heterocycles. The van der Waals surface area contributed by atoms with Gasteiger partial charge in [0.2, 0.25) is 0 Å². The SMILES string of the molecule is CC1CCN(C(=O)c2cc(N)ccc2Br)C(C(=O)O)C1. The van der Waals surface area contributed by atoms with Crippen LogP contribution in [0.4, 0.5) is 5.69 Å². The maximum Gasteiger partial charge on any atom is 0.326 e. The monoisotopic (exact) mass is 340 g/mol. The number of piperidine rings is 1. The predicted molar refractivity (Wildman–Crippen MR) is 79.4 cm³/mol. The van der Waals surface area contributed by atoms with Crippen LogP contribution >= 0.6 is 15.9 Å². The van der Waals surface area contributed by atoms with E-state index in [1.165, 1.54) is 4.90 Å². The topological polar surface area (TPSA) is 83.6 Å². The molecule has 3 N–H and O–H groups in total. The number of rotatable bonds is 2. The standard InChI is InChI=1S/C14H17BrN2O3/c1-8-4-5-17(12(6-8)14(19)20)13(18)10-7-9(16)2-3-11(10)15/h2-3,7-8,12H,4-6,16H2,1H3,(H,19,20). The Morgan fingerprint density at radius 2 is 2.15 bits per heavy atom. The summed E-state index contributed by atoms with van der Waals surface area (Å²) in [5, 5.41) is 9.32. The molecule has 0 saturated carbocycles. The van der Waals surface area contributed by atoms with Crippen molar-refractivity contribution in [1.29, 1.82) is 0 Å². The Morgan fingerprint density at radius 1 is 1.45 bits per heavy atom. The maximum absolute atomic E-state index is 12.6. The lowest BCUT2D eigenvalue weighted by atomic mass is 9.92. The lowest BCUT2D eigenvalue weighted by Crippen LogP contribution is -2.49. The first-order valence-corrected chi connectivity index (χ1v) is 7.28. The number of benzene rings is 1. The minimum absolute atomic E-state index is 0.288. The lowest BCUT2D eigenvalue weighted by molar-refractivity contribution is -0.144. The average molecular weight is 341 g/mol. The minimum Gasteiger partial charge on any atom is -0.480 e. The lowest BCUT2D eigenvalue weighted by Gasteiger charge is -2.36. The van der Waals surface area contributed by atoms with Crippen molar-refractivity contribution in [2.45, 2.75) is 25.8 Å². The van der Waals surface area contributed by atoms with Crippen LogP contribution in [0.15, 0.2) is 22.7 Å². The molecule has 2 unspecified atom stereocenters. The summed E-state index contributed by atoms with van der Waals surface area (Å²) in [6.07, 6.45) is 1.30. The maximum atomic E-state index is 12.6. The van der Waals surface area contributed by atoms with E-state index in [2.05, 4.69) is 15.9 Å². The molecule has 1 aromatic carbocycles. The average Bonchev–Trinajstić information content (AvgIpc) is 2.40. The van der Waals surface area contributed by atoms with E-state index in [1.807, 2.05) is 6.92 Å². The van der Waals surface area contributed by atoms with Crippen molar-refractivity contribution in [2.75, 3.05) is 12.3 Å². The second kappa shape index (κ2) is 5.83. The van der Waals surface area contributed by atoms with Crippen LogP contribution in [-0.4, -0.2) is 34.5 Å². The van der Waals surface area contributed by atoms with Crippen LogP contribution in [0, 0.1) is 5.92 Å². The number of hydrogen-bond acceptors (Lipinski definition) is 3. The van der Waals surface area contributed by atoms with Crippen LogP contribution in [0.25, 0.3) is 0 Å². The summed E-state index contributed by atoms with van der Waals surface area (Å²) < 4.78 is 0.625. The van der Waals surface area contributed by atoms with Crippen LogP contribution in [0.5, 0.6) is 0 Å². The zero-order chi connectivity index (χ0) is 14.9. The summed E-state index contributed by atoms with van der Waals surface area (Å²) in [7, 11) is 0. The molecule has 5 nitrogen and oxygen atoms in total. The third-order valence-electron chi connectivity index (χ3n) is 3.63. The highest BCUT2D eigenvalue weighted by Gasteiger charge is 2.35. The van der Waals surface area contributed by atoms with E-state index >= 15 is 0 Å². The van der Waals surface area contributed by atoms with Crippen LogP contribution in [0.1, 0.15) is 30.1 Å². The van der Waals surface area contributed by atoms with E-state index in [4.69, 9.17) is 5.73 Å². The van der Waals surface area contributed by atoms with E-state index in [0.29, 0.717) is 34.6 Å². The number of hydrogen-bond donors (Lipinski definition) is 2. The molecule has 1 aliphatic rings. The van der Waals surface area contributed by atoms with Crippen LogP contribution < -0.4 is 5.73 Å². The number of nitrogens with two attached hydrogens (primary N) is 1. The number of carbonyl (C=O) groups excluding carboxylic acids is 1. The van der Waals surface area contributed by atoms with Gasteiger partial charge >= 0.3 is 5.97 Å². The molecule has 20 heavy (non-hydrogen) atoms. The van der Waals surface area contributed by atoms with E-state index in [9.17, 15) is 14.7 Å². The second-order valence-electron chi connectivity index (χ2n) is 5.22. The third-order valence-corrected chi connectivity index (χ3v) is 4.32. The summed E-state index contributed by atoms with van der Waals surface area (Å²) in [5.74, 6) is -0.933. The molecule has 0 aromatic heterocycles. The molecule has 1 saturated heterocycles. The molecule has 0 aliphatic carbocycles. The number of aliphatic carboxylic acids is 1. The zero-order valence-corrected chi connectivity index (χ0v) is 12.8. The van der Waals surface area contributed by atoms with Gasteiger partial charge in [-0.2, -0.15) is 0 Å². The largest absolute Gasteiger partial charge is 0.480 e. The highest BCUT2D eigenvalue weighted by molar-refractivity contribution is 9.10. The van der Waals surface area contributed by atoms with Gasteiger partial charge in [-0.25, -0.2) is 4.79 Å². The first-order chi connectivity index (χ1) is 9.40. The van der Waals surface area contributed by atoms with Crippen LogP contribution in [-0.2, 0) is 4.79 Å². The van der Waals surface area contributed by atoms with E-state index in [-0.39, 0.29) is 5.91 Å². The second-order valence-corrected chi connectivity index (χ2v) is 6.08. The molecule has 108 valence electrons. The number of carbonyl (C=O) groups is 2. The van der Waals surface area contributed by atoms with Crippen molar-refractivity contribution in [1.82, 2.24) is 4.90 Å². The van der Waals surface area contributed by atoms with Gasteiger partial charge in [-0.15, -0.1) is 0 Å². The van der Waals surface area contributed by atoms with Crippen molar-refractivity contribution in [2.24, 2.45) is 5.92 Å². The Hall–Kier alpha value is -1.56. The Labute approximate surface area is 125 Å². The highest BCUT2D eigenvalue weighted by atomic mass is 79.9. The van der Waals surface area contributed by atoms with Gasteiger partial charge in [-0.3, -0.25) is 4.79 Å². The van der Waals surface area contributed by atoms with Crippen molar-refractivity contribution in [3.8, 4) is 0 Å². The number of carboxylic acids is 1. The van der Waals surface area contributed by atoms with Crippen molar-refractivity contribution in [3.05, 3.63) is 28.2 Å². The first kappa shape index (κ1) is 14.8. The molecule has 1 amide bonds. The van der Waals surface area contributed by atoms with E-state index in [1.54, 1.807) is 18.2 Å². The third kappa shape index (κ3) is 2.95. The summed E-state index contributed by atoms with van der Waals surface area (Å²) in [6.45, 7) is 2.46. The van der Waals surface area contributed by atoms with Gasteiger partial charge in [0.1, 0.15) is 6.04 Å². The summed E-state index contributed by atoms with van der Waals surface area (Å²) >= 11 is 3.32. The fourth-order valence-electron chi connectivity index (χ4n) is 2.48. The van der Waals surface area contributed by atoms with Gasteiger partial charge in [-0.05, 0) is 52.9 Å². The minimum atomic E-state index is -0.954. The number of carboxylic acid groups (broad SMARTS) is 1. The molecule has 2 rings (SSSR count). The number of likely N-dealkylation sites (tertiary alicyclic amines) is 1. The van der Waals surface area contributed by atoms with Gasteiger partial charge < -0.3 is 15.7 Å². The smallest absolute Gasteiger partial charge is 0.326 e. The van der Waals surface area contributed by atoms with Crippen molar-refractivity contribution in [3.63, 3.8) is 0 Å². The quantitative estimate of drug-likeness (QED) is 0.809. The molecule has 1 fully saturated rings. The first-order valence-electron chi connectivity index (χ1n) is 6.49. The molecule has 0 bridgehead atoms. The fraction of sp³-hybridized carbons (Fsp3) is 0.429. The highest BCUT2D eigenvalue weighted by Crippen LogP contribution is 2.27. The number of halogens is 1. The Bertz CT molecular complexity index is 547. The Balaban J connectivity index is 2.31. The molecular formula is C14H17BrN2O3. The number of anilines is 1. The van der Waals surface area contributed by atoms with Crippen molar-refractivity contribution >= 4 is 33.5 Å². The fourth-order valence-corrected chi connectivity index (χ4v) is 2.90. The van der Waals surface area contributed by atoms with Gasteiger partial charge in [0.15, 0.2) is 0 Å². The van der Waals surface area contributed by atoms with Crippen LogP contribution in [0.2, 0.25) is 0 Å². The van der Waals surface area contributed by atoms with Gasteiger partial charge in [0, 0.05) is 16.7 Å². The van der Waals surface area contributed by atoms with Gasteiger partial charge in [-0.1, -0.05) is 6.92 Å². The summed E-state index contributed by atoms with van der Waals surface area (Å²) in [5.41, 5.74) is 6.59. The molecule has 0 radical (unpaired) electrons. The summed E-state index contributed by atoms with van der Waals surface area (Å²) in [6, 6.07) is 4.20. The molecule has 1 aliphatic heterocycles.